The van der Waals surface area contributed by atoms with Crippen molar-refractivity contribution in [3.05, 3.63) is 22.4 Å². The van der Waals surface area contributed by atoms with Gasteiger partial charge in [0.15, 0.2) is 5.96 Å². The lowest BCUT2D eigenvalue weighted by atomic mass is 10.3. The van der Waals surface area contributed by atoms with Crippen molar-refractivity contribution in [3.63, 3.8) is 0 Å². The van der Waals surface area contributed by atoms with Crippen LogP contribution in [0.15, 0.2) is 21.8 Å². The molecule has 1 heterocycles. The fourth-order valence-corrected chi connectivity index (χ4v) is 2.81. The van der Waals surface area contributed by atoms with E-state index < -0.39 is 0 Å². The number of nitrogens with one attached hydrogen (secondary N) is 2. The molecular formula is C16H27IN4OS. The first-order valence-corrected chi connectivity index (χ1v) is 8.93. The van der Waals surface area contributed by atoms with Gasteiger partial charge < -0.3 is 15.5 Å². The minimum Gasteiger partial charge on any atom is -0.357 e. The molecule has 0 radical (unpaired) electrons. The Bertz CT molecular complexity index is 488. The summed E-state index contributed by atoms with van der Waals surface area (Å²) in [4.78, 5) is 18.4. The summed E-state index contributed by atoms with van der Waals surface area (Å²) in [6.07, 6.45) is 3.64. The first-order valence-electron chi connectivity index (χ1n) is 7.99. The number of amides is 1. The summed E-state index contributed by atoms with van der Waals surface area (Å²) in [6.45, 7) is 4.43. The largest absolute Gasteiger partial charge is 0.357 e. The number of thiophene rings is 1. The Morgan fingerprint density at radius 2 is 2.26 bits per heavy atom. The van der Waals surface area contributed by atoms with Crippen LogP contribution in [0.4, 0.5) is 0 Å². The number of hydrogen-bond donors (Lipinski definition) is 2. The number of carbonyl (C=O) groups excluding carboxylic acids is 1. The van der Waals surface area contributed by atoms with Crippen molar-refractivity contribution in [2.24, 2.45) is 4.99 Å². The Morgan fingerprint density at radius 3 is 2.87 bits per heavy atom. The maximum atomic E-state index is 11.6. The highest BCUT2D eigenvalue weighted by molar-refractivity contribution is 14.0. The summed E-state index contributed by atoms with van der Waals surface area (Å²) in [5.41, 5.74) is 1.29. The number of rotatable bonds is 8. The Labute approximate surface area is 160 Å². The lowest BCUT2D eigenvalue weighted by Crippen LogP contribution is -2.38. The van der Waals surface area contributed by atoms with Crippen LogP contribution < -0.4 is 10.6 Å². The molecule has 23 heavy (non-hydrogen) atoms. The molecule has 0 aliphatic heterocycles. The van der Waals surface area contributed by atoms with Crippen molar-refractivity contribution in [1.29, 1.82) is 0 Å². The molecule has 0 saturated heterocycles. The van der Waals surface area contributed by atoms with E-state index in [2.05, 4.69) is 44.3 Å². The fraction of sp³-hybridized carbons (Fsp3) is 0.625. The second-order valence-corrected chi connectivity index (χ2v) is 6.45. The summed E-state index contributed by atoms with van der Waals surface area (Å²) in [5, 5.41) is 10.6. The van der Waals surface area contributed by atoms with Gasteiger partial charge in [-0.15, -0.1) is 24.0 Å². The Morgan fingerprint density at radius 1 is 1.48 bits per heavy atom. The third kappa shape index (κ3) is 8.01. The van der Waals surface area contributed by atoms with Crippen LogP contribution in [-0.2, 0) is 11.3 Å². The van der Waals surface area contributed by atoms with Gasteiger partial charge in [-0.25, -0.2) is 0 Å². The average molecular weight is 450 g/mol. The van der Waals surface area contributed by atoms with Crippen LogP contribution >= 0.6 is 35.3 Å². The number of nitrogens with zero attached hydrogens (tertiary/aromatic N) is 2. The van der Waals surface area contributed by atoms with Gasteiger partial charge in [-0.1, -0.05) is 0 Å². The van der Waals surface area contributed by atoms with Crippen molar-refractivity contribution in [2.45, 2.75) is 45.2 Å². The molecule has 0 unspecified atom stereocenters. The zero-order valence-electron chi connectivity index (χ0n) is 13.9. The standard InChI is InChI=1S/C16H26N4OS.HI/c1-3-17-16(20(2)11-13-8-10-22-12-13)18-9-4-5-15(21)19-14-6-7-14;/h8,10,12,14H,3-7,9,11H2,1-2H3,(H,17,18)(H,19,21);1H. The van der Waals surface area contributed by atoms with E-state index in [1.54, 1.807) is 11.3 Å². The highest BCUT2D eigenvalue weighted by Crippen LogP contribution is 2.18. The molecule has 0 atom stereocenters. The molecule has 1 aliphatic rings. The van der Waals surface area contributed by atoms with Crippen LogP contribution in [0.3, 0.4) is 0 Å². The second-order valence-electron chi connectivity index (χ2n) is 5.67. The maximum absolute atomic E-state index is 11.6. The van der Waals surface area contributed by atoms with Gasteiger partial charge in [-0.05, 0) is 48.6 Å². The van der Waals surface area contributed by atoms with E-state index >= 15 is 0 Å². The highest BCUT2D eigenvalue weighted by Gasteiger charge is 2.22. The van der Waals surface area contributed by atoms with E-state index in [9.17, 15) is 4.79 Å². The molecule has 0 aromatic carbocycles. The first-order chi connectivity index (χ1) is 10.7. The molecule has 7 heteroatoms. The lowest BCUT2D eigenvalue weighted by molar-refractivity contribution is -0.121. The van der Waals surface area contributed by atoms with Crippen molar-refractivity contribution < 1.29 is 4.79 Å². The first kappa shape index (κ1) is 20.2. The van der Waals surface area contributed by atoms with Gasteiger partial charge in [0.05, 0.1) is 0 Å². The summed E-state index contributed by atoms with van der Waals surface area (Å²) >= 11 is 1.71. The number of halogens is 1. The average Bonchev–Trinajstić information content (AvgIpc) is 3.15. The normalized spacial score (nSPS) is 14.1. The van der Waals surface area contributed by atoms with E-state index in [1.807, 2.05) is 7.05 Å². The van der Waals surface area contributed by atoms with Crippen LogP contribution in [0, 0.1) is 0 Å². The van der Waals surface area contributed by atoms with Gasteiger partial charge in [0.2, 0.25) is 5.91 Å². The molecule has 1 aromatic heterocycles. The van der Waals surface area contributed by atoms with Crippen LogP contribution in [0.2, 0.25) is 0 Å². The molecule has 2 N–H and O–H groups in total. The van der Waals surface area contributed by atoms with Gasteiger partial charge >= 0.3 is 0 Å². The lowest BCUT2D eigenvalue weighted by Gasteiger charge is -2.21. The summed E-state index contributed by atoms with van der Waals surface area (Å²) in [7, 11) is 2.04. The molecule has 130 valence electrons. The van der Waals surface area contributed by atoms with Gasteiger partial charge in [-0.3, -0.25) is 9.79 Å². The quantitative estimate of drug-likeness (QED) is 0.277. The van der Waals surface area contributed by atoms with E-state index in [0.29, 0.717) is 19.0 Å². The molecule has 2 rings (SSSR count). The van der Waals surface area contributed by atoms with E-state index in [0.717, 1.165) is 38.3 Å². The number of hydrogen-bond acceptors (Lipinski definition) is 3. The van der Waals surface area contributed by atoms with Gasteiger partial charge in [-0.2, -0.15) is 11.3 Å². The third-order valence-corrected chi connectivity index (χ3v) is 4.19. The summed E-state index contributed by atoms with van der Waals surface area (Å²) < 4.78 is 0. The van der Waals surface area contributed by atoms with E-state index in [-0.39, 0.29) is 29.9 Å². The Balaban J connectivity index is 0.00000264. The van der Waals surface area contributed by atoms with Crippen LogP contribution in [0.1, 0.15) is 38.2 Å². The van der Waals surface area contributed by atoms with Crippen LogP contribution in [-0.4, -0.2) is 42.9 Å². The van der Waals surface area contributed by atoms with Crippen LogP contribution in [0.5, 0.6) is 0 Å². The van der Waals surface area contributed by atoms with Gasteiger partial charge in [0.25, 0.3) is 0 Å². The minimum atomic E-state index is 0. The minimum absolute atomic E-state index is 0. The molecule has 0 bridgehead atoms. The second kappa shape index (κ2) is 10.9. The number of carbonyl (C=O) groups is 1. The van der Waals surface area contributed by atoms with E-state index in [1.165, 1.54) is 5.56 Å². The van der Waals surface area contributed by atoms with Gasteiger partial charge in [0.1, 0.15) is 0 Å². The third-order valence-electron chi connectivity index (χ3n) is 3.46. The zero-order chi connectivity index (χ0) is 15.8. The topological polar surface area (TPSA) is 56.7 Å². The molecule has 5 nitrogen and oxygen atoms in total. The maximum Gasteiger partial charge on any atom is 0.220 e. The summed E-state index contributed by atoms with van der Waals surface area (Å²) in [5.74, 6) is 1.06. The number of aliphatic imine (C=N–C) groups is 1. The highest BCUT2D eigenvalue weighted by atomic mass is 127. The number of guanidine groups is 1. The van der Waals surface area contributed by atoms with Crippen molar-refractivity contribution >= 4 is 47.2 Å². The van der Waals surface area contributed by atoms with Crippen molar-refractivity contribution in [2.75, 3.05) is 20.1 Å². The molecule has 0 spiro atoms. The van der Waals surface area contributed by atoms with Crippen molar-refractivity contribution in [1.82, 2.24) is 15.5 Å². The molecule has 1 amide bonds. The molecule has 1 aliphatic carbocycles. The molecule has 1 aromatic rings. The monoisotopic (exact) mass is 450 g/mol. The zero-order valence-corrected chi connectivity index (χ0v) is 17.0. The van der Waals surface area contributed by atoms with Crippen LogP contribution in [0.25, 0.3) is 0 Å². The molecular weight excluding hydrogens is 423 g/mol. The molecule has 1 fully saturated rings. The van der Waals surface area contributed by atoms with E-state index in [4.69, 9.17) is 0 Å². The van der Waals surface area contributed by atoms with Crippen molar-refractivity contribution in [3.8, 4) is 0 Å². The Hall–Kier alpha value is -0.830. The summed E-state index contributed by atoms with van der Waals surface area (Å²) in [6, 6.07) is 2.58. The van der Waals surface area contributed by atoms with Gasteiger partial charge in [0, 0.05) is 39.1 Å². The fourth-order valence-electron chi connectivity index (χ4n) is 2.15. The molecule has 1 saturated carbocycles. The predicted octanol–water partition coefficient (Wildman–Crippen LogP) is 2.82. The smallest absolute Gasteiger partial charge is 0.220 e. The Kier molecular flexibility index (Phi) is 9.54. The predicted molar refractivity (Wildman–Crippen MR) is 108 cm³/mol. The SMILES string of the molecule is CCNC(=NCCCC(=O)NC1CC1)N(C)Cc1ccsc1.I.